The number of hydrogen-bond donors (Lipinski definition) is 0. The molecule has 0 bridgehead atoms. The lowest BCUT2D eigenvalue weighted by molar-refractivity contribution is -0.191. The summed E-state index contributed by atoms with van der Waals surface area (Å²) in [4.78, 5) is 11.4. The Morgan fingerprint density at radius 1 is 1.03 bits per heavy atom. The molecule has 11 nitrogen and oxygen atoms in total. The summed E-state index contributed by atoms with van der Waals surface area (Å²) in [6.45, 7) is 5.43. The molecule has 1 atom stereocenters. The maximum atomic E-state index is 12.0. The number of sulfonamides is 1. The Hall–Kier alpha value is -2.80. The van der Waals surface area contributed by atoms with E-state index in [1.165, 1.54) is 17.4 Å². The van der Waals surface area contributed by atoms with Gasteiger partial charge in [0.2, 0.25) is 10.0 Å². The van der Waals surface area contributed by atoms with E-state index in [9.17, 15) is 8.42 Å². The second-order valence-corrected chi connectivity index (χ2v) is 12.8. The minimum Gasteiger partial charge on any atom is -0.467 e. The second kappa shape index (κ2) is 10.6. The van der Waals surface area contributed by atoms with Gasteiger partial charge in [-0.3, -0.25) is 0 Å². The molecule has 12 heteroatoms. The fourth-order valence-electron chi connectivity index (χ4n) is 5.83. The highest BCUT2D eigenvalue weighted by molar-refractivity contribution is 7.88. The highest BCUT2D eigenvalue weighted by atomic mass is 32.2. The van der Waals surface area contributed by atoms with Crippen molar-refractivity contribution in [3.8, 4) is 11.8 Å². The van der Waals surface area contributed by atoms with Crippen LogP contribution in [0.25, 0.3) is 16.7 Å². The van der Waals surface area contributed by atoms with E-state index in [0.29, 0.717) is 18.9 Å². The minimum absolute atomic E-state index is 0.104. The van der Waals surface area contributed by atoms with Crippen molar-refractivity contribution in [2.75, 3.05) is 51.1 Å². The van der Waals surface area contributed by atoms with E-state index < -0.39 is 10.0 Å². The van der Waals surface area contributed by atoms with Crippen LogP contribution in [0.2, 0.25) is 0 Å². The van der Waals surface area contributed by atoms with Crippen LogP contribution in [0, 0.1) is 6.92 Å². The maximum absolute atomic E-state index is 12.0. The summed E-state index contributed by atoms with van der Waals surface area (Å²) in [7, 11) is -1.60. The average molecular weight is 557 g/mol. The zero-order valence-corrected chi connectivity index (χ0v) is 23.6. The van der Waals surface area contributed by atoms with Crippen molar-refractivity contribution in [1.29, 1.82) is 0 Å². The largest absolute Gasteiger partial charge is 0.467 e. The molecule has 0 N–H and O–H groups in total. The van der Waals surface area contributed by atoms with Gasteiger partial charge in [-0.2, -0.15) is 15.1 Å². The SMILES string of the molecule is COc1nc(N2CC(OC3CCCCO3)C2)cc(-n2ncc3cc(C)c(C4CCN(S(C)(=O)=O)CC4)cc32)n1. The van der Waals surface area contributed by atoms with E-state index in [1.54, 1.807) is 11.4 Å². The number of rotatable bonds is 7. The Morgan fingerprint density at radius 2 is 1.79 bits per heavy atom. The molecule has 2 aromatic heterocycles. The first-order chi connectivity index (χ1) is 18.8. The Morgan fingerprint density at radius 3 is 2.49 bits per heavy atom. The predicted molar refractivity (Wildman–Crippen MR) is 147 cm³/mol. The molecule has 0 radical (unpaired) electrons. The monoisotopic (exact) mass is 556 g/mol. The van der Waals surface area contributed by atoms with Crippen LogP contribution in [-0.4, -0.2) is 91.0 Å². The maximum Gasteiger partial charge on any atom is 0.320 e. The molecule has 1 unspecified atom stereocenters. The van der Waals surface area contributed by atoms with Gasteiger partial charge in [0.05, 0.1) is 31.2 Å². The van der Waals surface area contributed by atoms with Gasteiger partial charge in [0.25, 0.3) is 0 Å². The third-order valence-corrected chi connectivity index (χ3v) is 9.35. The van der Waals surface area contributed by atoms with Crippen molar-refractivity contribution in [3.05, 3.63) is 35.5 Å². The number of hydrogen-bond acceptors (Lipinski definition) is 9. The molecule has 6 rings (SSSR count). The van der Waals surface area contributed by atoms with Gasteiger partial charge in [0.1, 0.15) is 5.82 Å². The van der Waals surface area contributed by atoms with Gasteiger partial charge in [-0.25, -0.2) is 17.4 Å². The standard InChI is InChI=1S/C27H36N6O5S/c1-18-12-20-15-28-33(23(20)13-22(18)19-7-9-32(10-8-19)39(3,34)35)25-14-24(29-27(30-25)36-2)31-16-21(17-31)38-26-6-4-5-11-37-26/h12-15,19,21,26H,4-11,16-17H2,1-3H3. The number of benzene rings is 1. The summed E-state index contributed by atoms with van der Waals surface area (Å²) >= 11 is 0. The van der Waals surface area contributed by atoms with Gasteiger partial charge in [-0.1, -0.05) is 0 Å². The quantitative estimate of drug-likeness (QED) is 0.433. The zero-order chi connectivity index (χ0) is 27.1. The lowest BCUT2D eigenvalue weighted by Gasteiger charge is -2.41. The minimum atomic E-state index is -3.16. The molecule has 3 aromatic rings. The van der Waals surface area contributed by atoms with Crippen molar-refractivity contribution in [3.63, 3.8) is 0 Å². The number of methoxy groups -OCH3 is 1. The summed E-state index contributed by atoms with van der Waals surface area (Å²) in [5.41, 5.74) is 3.37. The van der Waals surface area contributed by atoms with Crippen LogP contribution in [-0.2, 0) is 19.5 Å². The van der Waals surface area contributed by atoms with Crippen LogP contribution >= 0.6 is 0 Å². The molecule has 0 saturated carbocycles. The molecule has 3 fully saturated rings. The van der Waals surface area contributed by atoms with Crippen molar-refractivity contribution in [2.45, 2.75) is 57.3 Å². The topological polar surface area (TPSA) is 112 Å². The number of piperidine rings is 1. The number of nitrogens with zero attached hydrogens (tertiary/aromatic N) is 6. The first-order valence-electron chi connectivity index (χ1n) is 13.7. The van der Waals surface area contributed by atoms with E-state index in [4.69, 9.17) is 14.2 Å². The van der Waals surface area contributed by atoms with Crippen LogP contribution in [0.1, 0.15) is 49.1 Å². The molecule has 3 saturated heterocycles. The van der Waals surface area contributed by atoms with Gasteiger partial charge in [-0.15, -0.1) is 0 Å². The van der Waals surface area contributed by atoms with Crippen molar-refractivity contribution < 1.29 is 22.6 Å². The third kappa shape index (κ3) is 5.47. The fraction of sp³-hybridized carbons (Fsp3) is 0.593. The summed E-state index contributed by atoms with van der Waals surface area (Å²) in [6.07, 6.45) is 7.93. The molecule has 0 aliphatic carbocycles. The first-order valence-corrected chi connectivity index (χ1v) is 15.5. The van der Waals surface area contributed by atoms with E-state index >= 15 is 0 Å². The van der Waals surface area contributed by atoms with Gasteiger partial charge >= 0.3 is 6.01 Å². The molecular formula is C27H36N6O5S. The lowest BCUT2D eigenvalue weighted by Crippen LogP contribution is -2.54. The number of ether oxygens (including phenoxy) is 3. The van der Waals surface area contributed by atoms with E-state index in [2.05, 4.69) is 39.0 Å². The summed E-state index contributed by atoms with van der Waals surface area (Å²) in [5.74, 6) is 1.69. The van der Waals surface area contributed by atoms with Crippen molar-refractivity contribution in [1.82, 2.24) is 24.1 Å². The Labute approximate surface area is 229 Å². The highest BCUT2D eigenvalue weighted by Gasteiger charge is 2.33. The van der Waals surface area contributed by atoms with Gasteiger partial charge < -0.3 is 19.1 Å². The molecule has 5 heterocycles. The normalized spacial score (nSPS) is 21.8. The van der Waals surface area contributed by atoms with Gasteiger partial charge in [0, 0.05) is 44.2 Å². The average Bonchev–Trinajstić information content (AvgIpc) is 3.32. The van der Waals surface area contributed by atoms with Crippen LogP contribution in [0.3, 0.4) is 0 Å². The Bertz CT molecular complexity index is 1440. The molecule has 3 aliphatic heterocycles. The molecule has 1 aromatic carbocycles. The lowest BCUT2D eigenvalue weighted by atomic mass is 9.87. The number of aromatic nitrogens is 4. The molecule has 0 amide bonds. The van der Waals surface area contributed by atoms with E-state index in [0.717, 1.165) is 68.5 Å². The van der Waals surface area contributed by atoms with E-state index in [1.807, 2.05) is 16.9 Å². The molecule has 0 spiro atoms. The number of fused-ring (bicyclic) bond motifs is 1. The van der Waals surface area contributed by atoms with Crippen molar-refractivity contribution >= 4 is 26.7 Å². The Balaban J connectivity index is 1.24. The molecular weight excluding hydrogens is 520 g/mol. The predicted octanol–water partition coefficient (Wildman–Crippen LogP) is 3.00. The van der Waals surface area contributed by atoms with Crippen LogP contribution in [0.15, 0.2) is 24.4 Å². The van der Waals surface area contributed by atoms with Crippen molar-refractivity contribution in [2.24, 2.45) is 0 Å². The molecule has 210 valence electrons. The Kier molecular flexibility index (Phi) is 7.21. The van der Waals surface area contributed by atoms with Gasteiger partial charge in [-0.05, 0) is 68.2 Å². The molecule has 3 aliphatic rings. The van der Waals surface area contributed by atoms with Crippen LogP contribution in [0.4, 0.5) is 5.82 Å². The number of aryl methyl sites for hydroxylation is 1. The van der Waals surface area contributed by atoms with Crippen LogP contribution in [0.5, 0.6) is 6.01 Å². The summed E-state index contributed by atoms with van der Waals surface area (Å²) in [6, 6.07) is 6.56. The van der Waals surface area contributed by atoms with E-state index in [-0.39, 0.29) is 24.3 Å². The first kappa shape index (κ1) is 26.4. The third-order valence-electron chi connectivity index (χ3n) is 8.05. The fourth-order valence-corrected chi connectivity index (χ4v) is 6.71. The van der Waals surface area contributed by atoms with Crippen LogP contribution < -0.4 is 9.64 Å². The highest BCUT2D eigenvalue weighted by Crippen LogP contribution is 2.34. The summed E-state index contributed by atoms with van der Waals surface area (Å²) < 4.78 is 44.6. The zero-order valence-electron chi connectivity index (χ0n) is 22.7. The summed E-state index contributed by atoms with van der Waals surface area (Å²) in [5, 5.41) is 5.69. The second-order valence-electron chi connectivity index (χ2n) is 10.8. The molecule has 39 heavy (non-hydrogen) atoms. The van der Waals surface area contributed by atoms with Gasteiger partial charge in [0.15, 0.2) is 12.1 Å². The number of anilines is 1. The smallest absolute Gasteiger partial charge is 0.320 e.